The van der Waals surface area contributed by atoms with E-state index >= 15 is 0 Å². The van der Waals surface area contributed by atoms with Crippen LogP contribution < -0.4 is 5.73 Å². The third kappa shape index (κ3) is 3.72. The van der Waals surface area contributed by atoms with Gasteiger partial charge in [-0.25, -0.2) is 12.8 Å². The maximum atomic E-state index is 13.3. The molecule has 0 bridgehead atoms. The maximum absolute atomic E-state index is 13.3. The lowest BCUT2D eigenvalue weighted by molar-refractivity contribution is 0.225. The SMILES string of the molecule is CN(C)CC1CCN(S(=O)(=O)c2cc(F)ccc2N)CC1. The molecule has 118 valence electrons. The molecule has 0 spiro atoms. The van der Waals surface area contributed by atoms with Gasteiger partial charge in [-0.1, -0.05) is 0 Å². The van der Waals surface area contributed by atoms with Crippen molar-refractivity contribution in [3.63, 3.8) is 0 Å². The van der Waals surface area contributed by atoms with Gasteiger partial charge < -0.3 is 10.6 Å². The van der Waals surface area contributed by atoms with Gasteiger partial charge in [0.25, 0.3) is 0 Å². The van der Waals surface area contributed by atoms with E-state index in [1.54, 1.807) is 0 Å². The number of nitrogens with two attached hydrogens (primary N) is 1. The number of anilines is 1. The summed E-state index contributed by atoms with van der Waals surface area (Å²) in [6.45, 7) is 1.86. The molecule has 0 amide bonds. The number of piperidine rings is 1. The van der Waals surface area contributed by atoms with Crippen LogP contribution in [0.1, 0.15) is 12.8 Å². The Bertz CT molecular complexity index is 596. The fourth-order valence-corrected chi connectivity index (χ4v) is 4.32. The van der Waals surface area contributed by atoms with Crippen LogP contribution >= 0.6 is 0 Å². The van der Waals surface area contributed by atoms with Gasteiger partial charge in [0.15, 0.2) is 0 Å². The zero-order valence-electron chi connectivity index (χ0n) is 12.4. The Morgan fingerprint density at radius 3 is 2.52 bits per heavy atom. The van der Waals surface area contributed by atoms with Gasteiger partial charge in [-0.15, -0.1) is 0 Å². The van der Waals surface area contributed by atoms with Crippen molar-refractivity contribution in [3.05, 3.63) is 24.0 Å². The predicted molar refractivity (Wildman–Crippen MR) is 80.8 cm³/mol. The summed E-state index contributed by atoms with van der Waals surface area (Å²) in [6.07, 6.45) is 1.62. The minimum Gasteiger partial charge on any atom is -0.398 e. The monoisotopic (exact) mass is 315 g/mol. The van der Waals surface area contributed by atoms with Gasteiger partial charge in [0, 0.05) is 19.6 Å². The van der Waals surface area contributed by atoms with Crippen molar-refractivity contribution >= 4 is 15.7 Å². The van der Waals surface area contributed by atoms with E-state index in [1.807, 2.05) is 14.1 Å². The van der Waals surface area contributed by atoms with Crippen LogP contribution in [-0.4, -0.2) is 51.4 Å². The van der Waals surface area contributed by atoms with Gasteiger partial charge in [-0.3, -0.25) is 0 Å². The molecule has 0 aromatic heterocycles. The Morgan fingerprint density at radius 1 is 1.33 bits per heavy atom. The molecule has 1 aromatic carbocycles. The molecule has 0 aliphatic carbocycles. The highest BCUT2D eigenvalue weighted by Gasteiger charge is 2.31. The maximum Gasteiger partial charge on any atom is 0.245 e. The van der Waals surface area contributed by atoms with Gasteiger partial charge in [-0.2, -0.15) is 4.31 Å². The lowest BCUT2D eigenvalue weighted by Gasteiger charge is -2.32. The molecule has 21 heavy (non-hydrogen) atoms. The van der Waals surface area contributed by atoms with E-state index in [-0.39, 0.29) is 10.6 Å². The van der Waals surface area contributed by atoms with Crippen molar-refractivity contribution in [1.82, 2.24) is 9.21 Å². The number of halogens is 1. The van der Waals surface area contributed by atoms with Crippen LogP contribution in [0.15, 0.2) is 23.1 Å². The first-order chi connectivity index (χ1) is 9.80. The summed E-state index contributed by atoms with van der Waals surface area (Å²) in [6, 6.07) is 3.45. The summed E-state index contributed by atoms with van der Waals surface area (Å²) in [5, 5.41) is 0. The summed E-state index contributed by atoms with van der Waals surface area (Å²) in [7, 11) is 0.309. The average molecular weight is 315 g/mol. The molecule has 1 aliphatic rings. The molecule has 1 aliphatic heterocycles. The van der Waals surface area contributed by atoms with Crippen molar-refractivity contribution in [2.45, 2.75) is 17.7 Å². The third-order valence-electron chi connectivity index (χ3n) is 3.79. The summed E-state index contributed by atoms with van der Waals surface area (Å²) >= 11 is 0. The minimum atomic E-state index is -3.71. The van der Waals surface area contributed by atoms with Crippen molar-refractivity contribution in [1.29, 1.82) is 0 Å². The molecule has 7 heteroatoms. The van der Waals surface area contributed by atoms with Gasteiger partial charge in [-0.05, 0) is 51.1 Å². The summed E-state index contributed by atoms with van der Waals surface area (Å²) in [5.74, 6) is -0.0958. The highest BCUT2D eigenvalue weighted by atomic mass is 32.2. The zero-order chi connectivity index (χ0) is 15.6. The lowest BCUT2D eigenvalue weighted by atomic mass is 9.98. The van der Waals surface area contributed by atoms with E-state index in [4.69, 9.17) is 5.73 Å². The molecule has 0 atom stereocenters. The Labute approximate surface area is 125 Å². The molecular weight excluding hydrogens is 293 g/mol. The van der Waals surface area contributed by atoms with Crippen LogP contribution in [-0.2, 0) is 10.0 Å². The Balaban J connectivity index is 2.13. The quantitative estimate of drug-likeness (QED) is 0.852. The number of sulfonamides is 1. The van der Waals surface area contributed by atoms with Crippen LogP contribution in [0.4, 0.5) is 10.1 Å². The molecule has 2 rings (SSSR count). The Hall–Kier alpha value is -1.18. The summed E-state index contributed by atoms with van der Waals surface area (Å²) in [4.78, 5) is 1.98. The Kier molecular flexibility index (Phi) is 4.85. The van der Waals surface area contributed by atoms with E-state index in [1.165, 1.54) is 10.4 Å². The largest absolute Gasteiger partial charge is 0.398 e. The van der Waals surface area contributed by atoms with Crippen LogP contribution in [0.2, 0.25) is 0 Å². The first-order valence-electron chi connectivity index (χ1n) is 7.00. The fraction of sp³-hybridized carbons (Fsp3) is 0.571. The summed E-state index contributed by atoms with van der Waals surface area (Å²) < 4.78 is 39.8. The van der Waals surface area contributed by atoms with E-state index in [2.05, 4.69) is 4.90 Å². The molecule has 0 saturated carbocycles. The molecule has 5 nitrogen and oxygen atoms in total. The van der Waals surface area contributed by atoms with Crippen molar-refractivity contribution in [2.24, 2.45) is 5.92 Å². The summed E-state index contributed by atoms with van der Waals surface area (Å²) in [5.41, 5.74) is 5.79. The molecule has 1 heterocycles. The van der Waals surface area contributed by atoms with Crippen LogP contribution in [0.25, 0.3) is 0 Å². The number of nitrogen functional groups attached to an aromatic ring is 1. The second kappa shape index (κ2) is 6.29. The second-order valence-electron chi connectivity index (χ2n) is 5.79. The molecular formula is C14H22FN3O2S. The first-order valence-corrected chi connectivity index (χ1v) is 8.44. The van der Waals surface area contributed by atoms with Crippen LogP contribution in [0, 0.1) is 11.7 Å². The highest BCUT2D eigenvalue weighted by Crippen LogP contribution is 2.27. The first kappa shape index (κ1) is 16.2. The lowest BCUT2D eigenvalue weighted by Crippen LogP contribution is -2.40. The Morgan fingerprint density at radius 2 is 1.95 bits per heavy atom. The van der Waals surface area contributed by atoms with Crippen LogP contribution in [0.5, 0.6) is 0 Å². The third-order valence-corrected chi connectivity index (χ3v) is 5.74. The van der Waals surface area contributed by atoms with Gasteiger partial charge in [0.1, 0.15) is 10.7 Å². The van der Waals surface area contributed by atoms with Gasteiger partial charge in [0.05, 0.1) is 5.69 Å². The smallest absolute Gasteiger partial charge is 0.245 e. The molecule has 0 radical (unpaired) electrons. The molecule has 0 unspecified atom stereocenters. The van der Waals surface area contributed by atoms with E-state index < -0.39 is 15.8 Å². The van der Waals surface area contributed by atoms with E-state index in [0.717, 1.165) is 31.5 Å². The van der Waals surface area contributed by atoms with Gasteiger partial charge in [0.2, 0.25) is 10.0 Å². The minimum absolute atomic E-state index is 0.0896. The molecule has 2 N–H and O–H groups in total. The number of nitrogens with zero attached hydrogens (tertiary/aromatic N) is 2. The van der Waals surface area contributed by atoms with Crippen molar-refractivity contribution in [2.75, 3.05) is 39.5 Å². The number of hydrogen-bond donors (Lipinski definition) is 1. The predicted octanol–water partition coefficient (Wildman–Crippen LogP) is 1.37. The van der Waals surface area contributed by atoms with E-state index in [9.17, 15) is 12.8 Å². The van der Waals surface area contributed by atoms with Gasteiger partial charge >= 0.3 is 0 Å². The standard InChI is InChI=1S/C14H22FN3O2S/c1-17(2)10-11-5-7-18(8-6-11)21(19,20)14-9-12(15)3-4-13(14)16/h3-4,9,11H,5-8,10,16H2,1-2H3. The number of hydrogen-bond acceptors (Lipinski definition) is 4. The normalized spacial score (nSPS) is 18.3. The zero-order valence-corrected chi connectivity index (χ0v) is 13.2. The van der Waals surface area contributed by atoms with Crippen molar-refractivity contribution < 1.29 is 12.8 Å². The molecule has 1 aromatic rings. The van der Waals surface area contributed by atoms with Crippen LogP contribution in [0.3, 0.4) is 0 Å². The fourth-order valence-electron chi connectivity index (χ4n) is 2.72. The van der Waals surface area contributed by atoms with Crippen molar-refractivity contribution in [3.8, 4) is 0 Å². The molecule has 1 fully saturated rings. The number of benzene rings is 1. The topological polar surface area (TPSA) is 66.6 Å². The second-order valence-corrected chi connectivity index (χ2v) is 7.70. The van der Waals surface area contributed by atoms with E-state index in [0.29, 0.717) is 19.0 Å². The number of rotatable bonds is 4. The highest BCUT2D eigenvalue weighted by molar-refractivity contribution is 7.89. The molecule has 1 saturated heterocycles. The average Bonchev–Trinajstić information content (AvgIpc) is 2.41.